The average Bonchev–Trinajstić information content (AvgIpc) is 2.83. The number of anilines is 1. The number of aliphatic hydroxyl groups excluding tert-OH is 1. The van der Waals surface area contributed by atoms with Gasteiger partial charge in [-0.3, -0.25) is 14.4 Å². The van der Waals surface area contributed by atoms with Gasteiger partial charge in [0, 0.05) is 35.7 Å². The van der Waals surface area contributed by atoms with Crippen LogP contribution in [0.1, 0.15) is 73.1 Å². The number of ketones is 1. The molecule has 1 saturated carbocycles. The van der Waals surface area contributed by atoms with E-state index in [1.807, 2.05) is 0 Å². The van der Waals surface area contributed by atoms with E-state index in [4.69, 9.17) is 0 Å². The highest BCUT2D eigenvalue weighted by molar-refractivity contribution is 6.43. The summed E-state index contributed by atoms with van der Waals surface area (Å²) in [5, 5.41) is 14.3. The first kappa shape index (κ1) is 31.2. The van der Waals surface area contributed by atoms with Gasteiger partial charge in [-0.15, -0.1) is 0 Å². The second-order valence-corrected chi connectivity index (χ2v) is 10.3. The topological polar surface area (TPSA) is 95.5 Å². The molecule has 1 aliphatic carbocycles. The van der Waals surface area contributed by atoms with Crippen molar-refractivity contribution in [1.29, 1.82) is 0 Å². The van der Waals surface area contributed by atoms with Gasteiger partial charge in [-0.25, -0.2) is 17.6 Å². The van der Waals surface area contributed by atoms with E-state index in [0.29, 0.717) is 17.9 Å². The van der Waals surface area contributed by atoms with Crippen molar-refractivity contribution in [2.75, 3.05) is 11.9 Å². The second kappa shape index (κ2) is 12.7. The van der Waals surface area contributed by atoms with Crippen LogP contribution in [0.4, 0.5) is 23.2 Å². The second-order valence-electron chi connectivity index (χ2n) is 10.3. The van der Waals surface area contributed by atoms with Crippen LogP contribution in [0.15, 0.2) is 40.5 Å². The summed E-state index contributed by atoms with van der Waals surface area (Å²) in [7, 11) is 0. The SMILES string of the molecule is CCC(C)CCC/C(C)=C(C(=O)Nc1ccc(F)c(F)c1)/C(C)=C(\C)C(=O)C(=O)NC1(CO)CC(F)(F)C1. The van der Waals surface area contributed by atoms with Gasteiger partial charge in [0.05, 0.1) is 12.1 Å². The Hall–Kier alpha value is -3.01. The van der Waals surface area contributed by atoms with Gasteiger partial charge in [0.25, 0.3) is 17.7 Å². The molecule has 1 fully saturated rings. The van der Waals surface area contributed by atoms with E-state index in [-0.39, 0.29) is 22.4 Å². The van der Waals surface area contributed by atoms with Crippen molar-refractivity contribution in [3.05, 3.63) is 52.1 Å². The van der Waals surface area contributed by atoms with Crippen molar-refractivity contribution in [2.45, 2.75) is 84.6 Å². The zero-order valence-corrected chi connectivity index (χ0v) is 22.4. The first-order valence-electron chi connectivity index (χ1n) is 12.6. The molecule has 1 aliphatic rings. The number of amides is 2. The highest BCUT2D eigenvalue weighted by Gasteiger charge is 2.57. The molecule has 0 bridgehead atoms. The maximum Gasteiger partial charge on any atom is 0.292 e. The van der Waals surface area contributed by atoms with Crippen molar-refractivity contribution in [1.82, 2.24) is 5.32 Å². The first-order valence-corrected chi connectivity index (χ1v) is 12.6. The minimum Gasteiger partial charge on any atom is -0.394 e. The summed E-state index contributed by atoms with van der Waals surface area (Å²) in [5.74, 6) is -7.66. The van der Waals surface area contributed by atoms with Gasteiger partial charge in [0.15, 0.2) is 11.6 Å². The van der Waals surface area contributed by atoms with Crippen LogP contribution in [-0.4, -0.2) is 40.8 Å². The molecule has 2 amide bonds. The molecular formula is C28H36F4N2O4. The Morgan fingerprint density at radius 2 is 1.66 bits per heavy atom. The van der Waals surface area contributed by atoms with Crippen LogP contribution >= 0.6 is 0 Å². The Balaban J connectivity index is 2.36. The van der Waals surface area contributed by atoms with Gasteiger partial charge in [-0.05, 0) is 57.2 Å². The van der Waals surface area contributed by atoms with E-state index in [9.17, 15) is 37.1 Å². The molecule has 1 aromatic rings. The number of allylic oxidation sites excluding steroid dienone is 1. The van der Waals surface area contributed by atoms with Gasteiger partial charge in [-0.2, -0.15) is 0 Å². The predicted octanol–water partition coefficient (Wildman–Crippen LogP) is 5.62. The number of Topliss-reactive ketones (excluding diaryl/α,β-unsaturated/α-hetero) is 1. The molecule has 1 unspecified atom stereocenters. The Labute approximate surface area is 220 Å². The summed E-state index contributed by atoms with van der Waals surface area (Å²) in [5.41, 5.74) is -0.738. The lowest BCUT2D eigenvalue weighted by Gasteiger charge is -2.46. The lowest BCUT2D eigenvalue weighted by molar-refractivity contribution is -0.159. The van der Waals surface area contributed by atoms with E-state index in [2.05, 4.69) is 24.5 Å². The molecule has 2 rings (SSSR count). The molecule has 0 saturated heterocycles. The van der Waals surface area contributed by atoms with Crippen molar-refractivity contribution in [3.63, 3.8) is 0 Å². The maximum absolute atomic E-state index is 13.7. The molecule has 0 radical (unpaired) electrons. The van der Waals surface area contributed by atoms with E-state index >= 15 is 0 Å². The summed E-state index contributed by atoms with van der Waals surface area (Å²) in [4.78, 5) is 38.8. The van der Waals surface area contributed by atoms with Gasteiger partial charge < -0.3 is 15.7 Å². The van der Waals surface area contributed by atoms with Crippen LogP contribution in [0.2, 0.25) is 0 Å². The Bertz CT molecular complexity index is 1140. The van der Waals surface area contributed by atoms with Gasteiger partial charge >= 0.3 is 0 Å². The van der Waals surface area contributed by atoms with Gasteiger partial charge in [0.2, 0.25) is 5.78 Å². The van der Waals surface area contributed by atoms with E-state index in [1.165, 1.54) is 19.9 Å². The molecular weight excluding hydrogens is 504 g/mol. The van der Waals surface area contributed by atoms with Gasteiger partial charge in [-0.1, -0.05) is 32.3 Å². The molecule has 0 aliphatic heterocycles. The van der Waals surface area contributed by atoms with Crippen molar-refractivity contribution in [3.8, 4) is 0 Å². The third-order valence-electron chi connectivity index (χ3n) is 7.14. The van der Waals surface area contributed by atoms with E-state index < -0.39 is 60.1 Å². The minimum absolute atomic E-state index is 0.00382. The highest BCUT2D eigenvalue weighted by atomic mass is 19.3. The third-order valence-corrected chi connectivity index (χ3v) is 7.14. The van der Waals surface area contributed by atoms with Crippen molar-refractivity contribution < 1.29 is 37.1 Å². The number of hydrogen-bond acceptors (Lipinski definition) is 4. The number of carbonyl (C=O) groups excluding carboxylic acids is 3. The summed E-state index contributed by atoms with van der Waals surface area (Å²) in [6.45, 7) is 7.98. The number of rotatable bonds is 12. The minimum atomic E-state index is -3.04. The standard InChI is InChI=1S/C28H36F4N2O4/c1-6-16(2)8-7-9-17(3)23(25(37)33-20-10-11-21(29)22(30)12-20)18(4)19(5)24(36)26(38)34-27(15-35)13-28(31,32)14-27/h10-12,16,35H,6-9,13-15H2,1-5H3,(H,33,37)(H,34,38)/b19-18+,23-17-. The first-order chi connectivity index (χ1) is 17.6. The Kier molecular flexibility index (Phi) is 10.4. The lowest BCUT2D eigenvalue weighted by atomic mass is 9.73. The monoisotopic (exact) mass is 540 g/mol. The number of hydrogen-bond donors (Lipinski definition) is 3. The van der Waals surface area contributed by atoms with Crippen molar-refractivity contribution in [2.24, 2.45) is 5.92 Å². The summed E-state index contributed by atoms with van der Waals surface area (Å²) in [6, 6.07) is 2.89. The molecule has 210 valence electrons. The van der Waals surface area contributed by atoms with Crippen LogP contribution in [-0.2, 0) is 14.4 Å². The predicted molar refractivity (Wildman–Crippen MR) is 137 cm³/mol. The van der Waals surface area contributed by atoms with E-state index in [0.717, 1.165) is 31.4 Å². The number of halogens is 4. The lowest BCUT2D eigenvalue weighted by Crippen LogP contribution is -2.65. The molecule has 3 N–H and O–H groups in total. The van der Waals surface area contributed by atoms with Crippen LogP contribution < -0.4 is 10.6 Å². The van der Waals surface area contributed by atoms with Crippen LogP contribution in [0, 0.1) is 17.6 Å². The molecule has 0 spiro atoms. The quantitative estimate of drug-likeness (QED) is 0.139. The largest absolute Gasteiger partial charge is 0.394 e. The van der Waals surface area contributed by atoms with E-state index in [1.54, 1.807) is 6.92 Å². The Morgan fingerprint density at radius 3 is 2.18 bits per heavy atom. The third kappa shape index (κ3) is 7.75. The molecule has 38 heavy (non-hydrogen) atoms. The maximum atomic E-state index is 13.7. The molecule has 1 aromatic carbocycles. The smallest absolute Gasteiger partial charge is 0.292 e. The van der Waals surface area contributed by atoms with Crippen LogP contribution in [0.3, 0.4) is 0 Å². The fourth-order valence-corrected chi connectivity index (χ4v) is 4.50. The molecule has 1 atom stereocenters. The van der Waals surface area contributed by atoms with Crippen LogP contribution in [0.25, 0.3) is 0 Å². The number of benzene rings is 1. The average molecular weight is 541 g/mol. The normalized spacial score (nSPS) is 17.9. The van der Waals surface area contributed by atoms with Crippen molar-refractivity contribution >= 4 is 23.3 Å². The Morgan fingerprint density at radius 1 is 1.03 bits per heavy atom. The summed E-state index contributed by atoms with van der Waals surface area (Å²) in [6.07, 6.45) is 1.61. The number of nitrogens with one attached hydrogen (secondary N) is 2. The zero-order chi connectivity index (χ0) is 28.8. The highest BCUT2D eigenvalue weighted by Crippen LogP contribution is 2.45. The summed E-state index contributed by atoms with van der Waals surface area (Å²) >= 11 is 0. The zero-order valence-electron chi connectivity index (χ0n) is 22.4. The van der Waals surface area contributed by atoms with Gasteiger partial charge in [0.1, 0.15) is 0 Å². The molecule has 0 heterocycles. The fraction of sp³-hybridized carbons (Fsp3) is 0.536. The fourth-order valence-electron chi connectivity index (χ4n) is 4.50. The number of alkyl halides is 2. The molecule has 0 aromatic heterocycles. The number of aliphatic hydroxyl groups is 1. The molecule has 10 heteroatoms. The summed E-state index contributed by atoms with van der Waals surface area (Å²) < 4.78 is 53.8. The molecule has 6 nitrogen and oxygen atoms in total. The number of carbonyl (C=O) groups is 3. The van der Waals surface area contributed by atoms with Crippen LogP contribution in [0.5, 0.6) is 0 Å².